The van der Waals surface area contributed by atoms with Crippen LogP contribution in [0.2, 0.25) is 0 Å². The van der Waals surface area contributed by atoms with Gasteiger partial charge in [-0.3, -0.25) is 4.90 Å². The van der Waals surface area contributed by atoms with Crippen LogP contribution in [-0.2, 0) is 17.8 Å². The Kier molecular flexibility index (Phi) is 8.70. The molecule has 2 aromatic carbocycles. The van der Waals surface area contributed by atoms with Crippen LogP contribution in [0.3, 0.4) is 0 Å². The first-order chi connectivity index (χ1) is 15.1. The normalized spacial score (nSPS) is 15.3. The molecule has 7 heteroatoms. The minimum atomic E-state index is -1.08. The second kappa shape index (κ2) is 11.5. The molecule has 4 rings (SSSR count). The van der Waals surface area contributed by atoms with Crippen LogP contribution in [0, 0.1) is 0 Å². The zero-order valence-electron chi connectivity index (χ0n) is 18.6. The van der Waals surface area contributed by atoms with Gasteiger partial charge in [-0.05, 0) is 47.4 Å². The van der Waals surface area contributed by atoms with Crippen molar-refractivity contribution >= 4 is 11.8 Å². The number of anilines is 1. The average molecular weight is 439 g/mol. The summed E-state index contributed by atoms with van der Waals surface area (Å²) in [5.74, 6) is 0.468. The van der Waals surface area contributed by atoms with E-state index in [1.54, 1.807) is 6.20 Å². The van der Waals surface area contributed by atoms with E-state index >= 15 is 0 Å². The third kappa shape index (κ3) is 5.90. The molecule has 0 bridgehead atoms. The molecule has 0 spiro atoms. The minimum absolute atomic E-state index is 0. The number of nitrogens with zero attached hydrogens (tertiary/aromatic N) is 3. The SMILES string of the molecule is CN(CCOc1ccc2c(c1)C(C(=O)[O-])N(Cc1ccccc1)CC2)c1ccccn1.[Na+]. The van der Waals surface area contributed by atoms with Gasteiger partial charge in [-0.1, -0.05) is 42.5 Å². The summed E-state index contributed by atoms with van der Waals surface area (Å²) in [5, 5.41) is 12.1. The number of ether oxygens (including phenoxy) is 1. The Balaban J connectivity index is 0.00000289. The molecule has 1 aliphatic heterocycles. The van der Waals surface area contributed by atoms with E-state index in [-0.39, 0.29) is 29.6 Å². The van der Waals surface area contributed by atoms with Crippen LogP contribution in [-0.4, -0.2) is 42.6 Å². The number of hydrogen-bond acceptors (Lipinski definition) is 6. The molecule has 0 N–H and O–H groups in total. The van der Waals surface area contributed by atoms with Crippen molar-refractivity contribution in [3.63, 3.8) is 0 Å². The number of carbonyl (C=O) groups excluding carboxylic acids is 1. The van der Waals surface area contributed by atoms with E-state index in [1.165, 1.54) is 0 Å². The summed E-state index contributed by atoms with van der Waals surface area (Å²) in [5.41, 5.74) is 2.89. The van der Waals surface area contributed by atoms with E-state index in [1.807, 2.05) is 83.6 Å². The fraction of sp³-hybridized carbons (Fsp3) is 0.280. The van der Waals surface area contributed by atoms with Crippen LogP contribution in [0.15, 0.2) is 72.9 Å². The van der Waals surface area contributed by atoms with Gasteiger partial charge in [-0.2, -0.15) is 0 Å². The number of carboxylic acids is 1. The number of benzene rings is 2. The largest absolute Gasteiger partial charge is 1.00 e. The van der Waals surface area contributed by atoms with Crippen molar-refractivity contribution < 1.29 is 44.2 Å². The second-order valence-electron chi connectivity index (χ2n) is 7.75. The molecule has 6 nitrogen and oxygen atoms in total. The van der Waals surface area contributed by atoms with Gasteiger partial charge in [0.05, 0.1) is 18.6 Å². The maximum atomic E-state index is 12.1. The topological polar surface area (TPSA) is 68.7 Å². The quantitative estimate of drug-likeness (QED) is 0.439. The van der Waals surface area contributed by atoms with Crippen molar-refractivity contribution in [2.45, 2.75) is 19.0 Å². The molecule has 1 aliphatic rings. The molecule has 0 aliphatic carbocycles. The number of fused-ring (bicyclic) bond motifs is 1. The molecule has 0 saturated heterocycles. The van der Waals surface area contributed by atoms with Crippen molar-refractivity contribution in [2.24, 2.45) is 0 Å². The molecule has 32 heavy (non-hydrogen) atoms. The molecule has 1 atom stereocenters. The van der Waals surface area contributed by atoms with Gasteiger partial charge in [0.1, 0.15) is 18.2 Å². The van der Waals surface area contributed by atoms with Crippen LogP contribution < -0.4 is 44.3 Å². The number of aliphatic carboxylic acids is 1. The van der Waals surface area contributed by atoms with Gasteiger partial charge >= 0.3 is 29.6 Å². The monoisotopic (exact) mass is 439 g/mol. The van der Waals surface area contributed by atoms with Crippen LogP contribution >= 0.6 is 0 Å². The van der Waals surface area contributed by atoms with Gasteiger partial charge in [-0.15, -0.1) is 0 Å². The van der Waals surface area contributed by atoms with Gasteiger partial charge in [0.25, 0.3) is 0 Å². The fourth-order valence-electron chi connectivity index (χ4n) is 3.99. The molecule has 3 aromatic rings. The van der Waals surface area contributed by atoms with E-state index in [9.17, 15) is 9.90 Å². The van der Waals surface area contributed by atoms with Crippen molar-refractivity contribution in [3.8, 4) is 5.75 Å². The van der Waals surface area contributed by atoms with Gasteiger partial charge in [0, 0.05) is 26.3 Å². The first kappa shape index (κ1) is 24.3. The summed E-state index contributed by atoms with van der Waals surface area (Å²) in [4.78, 5) is 20.4. The van der Waals surface area contributed by atoms with Gasteiger partial charge in [0.15, 0.2) is 0 Å². The maximum absolute atomic E-state index is 12.1. The Hall–Kier alpha value is -2.38. The smallest absolute Gasteiger partial charge is 0.548 e. The maximum Gasteiger partial charge on any atom is 1.00 e. The Morgan fingerprint density at radius 2 is 1.94 bits per heavy atom. The number of carbonyl (C=O) groups is 1. The number of likely N-dealkylation sites (N-methyl/N-ethyl adjacent to an activating group) is 1. The van der Waals surface area contributed by atoms with Crippen LogP contribution in [0.5, 0.6) is 5.75 Å². The average Bonchev–Trinajstić information content (AvgIpc) is 2.79. The van der Waals surface area contributed by atoms with E-state index in [0.717, 1.165) is 28.9 Å². The summed E-state index contributed by atoms with van der Waals surface area (Å²) < 4.78 is 5.94. The zero-order chi connectivity index (χ0) is 21.6. The Bertz CT molecular complexity index is 1020. The third-order valence-corrected chi connectivity index (χ3v) is 5.63. The zero-order valence-corrected chi connectivity index (χ0v) is 20.6. The number of rotatable bonds is 8. The van der Waals surface area contributed by atoms with Crippen molar-refractivity contribution in [1.82, 2.24) is 9.88 Å². The van der Waals surface area contributed by atoms with Gasteiger partial charge in [0.2, 0.25) is 0 Å². The number of carboxylic acid groups (broad SMARTS) is 1. The Labute approximate surface area is 211 Å². The van der Waals surface area contributed by atoms with E-state index in [2.05, 4.69) is 4.98 Å². The third-order valence-electron chi connectivity index (χ3n) is 5.63. The fourth-order valence-corrected chi connectivity index (χ4v) is 3.99. The molecular formula is C25H26N3NaO3. The van der Waals surface area contributed by atoms with Crippen LogP contribution in [0.25, 0.3) is 0 Å². The molecule has 0 saturated carbocycles. The molecular weight excluding hydrogens is 413 g/mol. The van der Waals surface area contributed by atoms with Crippen molar-refractivity contribution in [1.29, 1.82) is 0 Å². The first-order valence-electron chi connectivity index (χ1n) is 10.5. The molecule has 0 radical (unpaired) electrons. The minimum Gasteiger partial charge on any atom is -0.548 e. The number of hydrogen-bond donors (Lipinski definition) is 0. The summed E-state index contributed by atoms with van der Waals surface area (Å²) >= 11 is 0. The van der Waals surface area contributed by atoms with E-state index < -0.39 is 12.0 Å². The second-order valence-corrected chi connectivity index (χ2v) is 7.75. The van der Waals surface area contributed by atoms with Crippen molar-refractivity contribution in [2.75, 3.05) is 31.6 Å². The summed E-state index contributed by atoms with van der Waals surface area (Å²) in [7, 11) is 1.96. The molecule has 1 unspecified atom stereocenters. The van der Waals surface area contributed by atoms with Gasteiger partial charge in [-0.25, -0.2) is 4.98 Å². The van der Waals surface area contributed by atoms with E-state index in [0.29, 0.717) is 32.0 Å². The first-order valence-corrected chi connectivity index (χ1v) is 10.5. The van der Waals surface area contributed by atoms with Crippen molar-refractivity contribution in [3.05, 3.63) is 89.6 Å². The summed E-state index contributed by atoms with van der Waals surface area (Å²) in [6.07, 6.45) is 2.56. The predicted octanol–water partition coefficient (Wildman–Crippen LogP) is -0.550. The standard InChI is InChI=1S/C25H27N3O3.Na/c1-27(23-9-5-6-13-26-23)15-16-31-21-11-10-20-12-14-28(18-19-7-3-2-4-8-19)24(25(29)30)22(20)17-21;/h2-11,13,17,24H,12,14-16,18H2,1H3,(H,29,30);/q;+1/p-1. The molecule has 2 heterocycles. The van der Waals surface area contributed by atoms with Gasteiger partial charge < -0.3 is 19.5 Å². The molecule has 0 fully saturated rings. The predicted molar refractivity (Wildman–Crippen MR) is 118 cm³/mol. The Morgan fingerprint density at radius 1 is 1.16 bits per heavy atom. The molecule has 0 amide bonds. The number of pyridine rings is 1. The van der Waals surface area contributed by atoms with E-state index in [4.69, 9.17) is 4.74 Å². The Morgan fingerprint density at radius 3 is 2.66 bits per heavy atom. The van der Waals surface area contributed by atoms with Crippen LogP contribution in [0.4, 0.5) is 5.82 Å². The van der Waals surface area contributed by atoms with Crippen LogP contribution in [0.1, 0.15) is 22.7 Å². The summed E-state index contributed by atoms with van der Waals surface area (Å²) in [6.45, 7) is 2.38. The number of aromatic nitrogens is 1. The molecule has 1 aromatic heterocycles. The molecule has 160 valence electrons. The summed E-state index contributed by atoms with van der Waals surface area (Å²) in [6, 6.07) is 20.7.